The molecule has 0 spiro atoms. The number of nitrogens with one attached hydrogen (secondary N) is 2. The van der Waals surface area contributed by atoms with Crippen molar-refractivity contribution in [1.82, 2.24) is 19.9 Å². The molecule has 8 bridgehead atoms. The van der Waals surface area contributed by atoms with Crippen LogP contribution in [0.3, 0.4) is 0 Å². The van der Waals surface area contributed by atoms with Crippen LogP contribution in [0.2, 0.25) is 40.2 Å². The van der Waals surface area contributed by atoms with Gasteiger partial charge in [-0.3, -0.25) is 0 Å². The molecule has 0 amide bonds. The fraction of sp³-hybridized carbons (Fsp3) is 0. The summed E-state index contributed by atoms with van der Waals surface area (Å²) in [5, 5.41) is 3.07. The monoisotopic (exact) mass is 941 g/mol. The molecule has 5 heterocycles. The summed E-state index contributed by atoms with van der Waals surface area (Å²) in [6.07, 6.45) is 5.81. The van der Waals surface area contributed by atoms with Gasteiger partial charge in [0, 0.05) is 108 Å². The van der Waals surface area contributed by atoms with Gasteiger partial charge in [-0.1, -0.05) is 117 Å². The van der Waals surface area contributed by atoms with Gasteiger partial charge in [0.05, 0.1) is 38.3 Å². The van der Waals surface area contributed by atoms with E-state index in [2.05, 4.69) is 9.97 Å². The first kappa shape index (κ1) is 40.1. The maximum atomic E-state index is 7.19. The molecule has 4 nitrogen and oxygen atoms in total. The number of nitrogens with zero attached hydrogens (tertiary/aromatic N) is 2. The average molecular weight is 945 g/mol. The molecule has 57 heavy (non-hydrogen) atoms. The zero-order valence-corrected chi connectivity index (χ0v) is 36.1. The molecule has 281 valence electrons. The van der Waals surface area contributed by atoms with Gasteiger partial charge in [-0.15, -0.1) is 0 Å². The Balaban J connectivity index is 0.00000455. The van der Waals surface area contributed by atoms with Crippen molar-refractivity contribution >= 4 is 139 Å². The maximum absolute atomic E-state index is 7.19. The molecule has 0 atom stereocenters. The van der Waals surface area contributed by atoms with Crippen molar-refractivity contribution in [3.8, 4) is 33.4 Å². The Labute approximate surface area is 377 Å². The van der Waals surface area contributed by atoms with Crippen molar-refractivity contribution in [3.63, 3.8) is 0 Å². The number of hydrogen-bond donors (Lipinski definition) is 2. The largest absolute Gasteiger partial charge is 0.355 e. The molecule has 13 heteroatoms. The van der Waals surface area contributed by atoms with E-state index >= 15 is 0 Å². The maximum Gasteiger partial charge on any atom is 0.0817 e. The molecule has 3 aromatic heterocycles. The molecule has 0 aliphatic carbocycles. The molecule has 0 fully saturated rings. The average Bonchev–Trinajstić information content (AvgIpc) is 3.95. The topological polar surface area (TPSA) is 57.4 Å². The van der Waals surface area contributed by atoms with E-state index in [1.807, 2.05) is 48.6 Å². The Kier molecular flexibility index (Phi) is 11.4. The minimum absolute atomic E-state index is 0. The fourth-order valence-corrected chi connectivity index (χ4v) is 9.52. The first-order valence-corrected chi connectivity index (χ1v) is 20.0. The molecule has 0 saturated carbocycles. The van der Waals surface area contributed by atoms with Crippen molar-refractivity contribution in [2.24, 2.45) is 0 Å². The van der Waals surface area contributed by atoms with Gasteiger partial charge in [0.25, 0.3) is 0 Å². The third-order valence-corrected chi connectivity index (χ3v) is 12.0. The van der Waals surface area contributed by atoms with Crippen LogP contribution in [0.1, 0.15) is 28.3 Å². The number of H-pyrrole nitrogens is 2. The van der Waals surface area contributed by atoms with Crippen LogP contribution in [0.5, 0.6) is 0 Å². The molecular formula is C44H22Cl8MnN4. The van der Waals surface area contributed by atoms with Gasteiger partial charge < -0.3 is 9.97 Å². The Bertz CT molecular complexity index is 2960. The van der Waals surface area contributed by atoms with E-state index in [9.17, 15) is 0 Å². The molecular weight excluding hydrogens is 923 g/mol. The van der Waals surface area contributed by atoms with E-state index < -0.39 is 0 Å². The minimum atomic E-state index is 0. The van der Waals surface area contributed by atoms with Gasteiger partial charge in [-0.05, 0) is 97.1 Å². The molecule has 9 rings (SSSR count). The first-order chi connectivity index (χ1) is 27.0. The normalized spacial score (nSPS) is 12.1. The molecule has 2 N–H and O–H groups in total. The van der Waals surface area contributed by atoms with Crippen molar-refractivity contribution in [2.75, 3.05) is 0 Å². The number of rotatable bonds is 4. The van der Waals surface area contributed by atoms with Crippen molar-refractivity contribution in [3.05, 3.63) is 172 Å². The van der Waals surface area contributed by atoms with Crippen LogP contribution >= 0.6 is 92.8 Å². The number of hydrogen-bond acceptors (Lipinski definition) is 2. The van der Waals surface area contributed by atoms with Crippen molar-refractivity contribution in [2.45, 2.75) is 0 Å². The van der Waals surface area contributed by atoms with E-state index in [0.717, 1.165) is 16.7 Å². The van der Waals surface area contributed by atoms with Gasteiger partial charge in [-0.2, -0.15) is 0 Å². The third kappa shape index (κ3) is 7.34. The van der Waals surface area contributed by atoms with Crippen LogP contribution in [0.25, 0.3) is 79.2 Å². The van der Waals surface area contributed by atoms with Crippen molar-refractivity contribution < 1.29 is 17.1 Å². The Morgan fingerprint density at radius 3 is 1.32 bits per heavy atom. The summed E-state index contributed by atoms with van der Waals surface area (Å²) >= 11 is 56.9. The molecule has 0 unspecified atom stereocenters. The van der Waals surface area contributed by atoms with E-state index in [1.165, 1.54) is 0 Å². The predicted molar refractivity (Wildman–Crippen MR) is 240 cm³/mol. The summed E-state index contributed by atoms with van der Waals surface area (Å²) in [5.41, 5.74) is 9.61. The molecule has 4 aromatic carbocycles. The fourth-order valence-electron chi connectivity index (χ4n) is 7.16. The first-order valence-electron chi connectivity index (χ1n) is 17.0. The molecule has 2 aliphatic rings. The zero-order chi connectivity index (χ0) is 38.8. The predicted octanol–water partition coefficient (Wildman–Crippen LogP) is 16.3. The van der Waals surface area contributed by atoms with Crippen LogP contribution in [-0.2, 0) is 17.1 Å². The SMILES string of the molecule is Clc1cccc(Cl)c1C1=Cc2cc3ccc(cc4nc(cc5[nH]c(c(-c6c(Cl)cccc6Cl)c1n2)c(-c1c(Cl)cccc1Cl)c5-c1c(Cl)cccc1Cl)C=C4)[nH]3.[Mn]. The number of halogens is 8. The summed E-state index contributed by atoms with van der Waals surface area (Å²) in [7, 11) is 0. The number of aromatic amines is 2. The molecule has 0 saturated heterocycles. The van der Waals surface area contributed by atoms with Crippen LogP contribution in [0, 0.1) is 0 Å². The molecule has 7 aromatic rings. The summed E-state index contributed by atoms with van der Waals surface area (Å²) in [4.78, 5) is 17.4. The van der Waals surface area contributed by atoms with Crippen LogP contribution < -0.4 is 0 Å². The van der Waals surface area contributed by atoms with Gasteiger partial charge in [-0.25, -0.2) is 9.97 Å². The number of aromatic nitrogens is 4. The van der Waals surface area contributed by atoms with Crippen molar-refractivity contribution in [1.29, 1.82) is 0 Å². The van der Waals surface area contributed by atoms with Crippen LogP contribution in [0.15, 0.2) is 103 Å². The van der Waals surface area contributed by atoms with Gasteiger partial charge in [0.2, 0.25) is 0 Å². The quantitative estimate of drug-likeness (QED) is 0.173. The van der Waals surface area contributed by atoms with Gasteiger partial charge in [0.15, 0.2) is 0 Å². The summed E-state index contributed by atoms with van der Waals surface area (Å²) in [6, 6.07) is 31.1. The Morgan fingerprint density at radius 1 is 0.386 bits per heavy atom. The number of fused-ring (bicyclic) bond motifs is 8. The van der Waals surface area contributed by atoms with E-state index in [4.69, 9.17) is 103 Å². The summed E-state index contributed by atoms with van der Waals surface area (Å²) in [6.45, 7) is 0. The van der Waals surface area contributed by atoms with E-state index in [1.54, 1.807) is 72.8 Å². The van der Waals surface area contributed by atoms with Gasteiger partial charge >= 0.3 is 0 Å². The molecule has 1 radical (unpaired) electrons. The summed E-state index contributed by atoms with van der Waals surface area (Å²) < 4.78 is 0. The summed E-state index contributed by atoms with van der Waals surface area (Å²) in [5.74, 6) is 0. The van der Waals surface area contributed by atoms with Gasteiger partial charge in [0.1, 0.15) is 0 Å². The van der Waals surface area contributed by atoms with E-state index in [-0.39, 0.29) is 17.1 Å². The smallest absolute Gasteiger partial charge is 0.0817 e. The minimum Gasteiger partial charge on any atom is -0.355 e. The molecule has 2 aliphatic heterocycles. The van der Waals surface area contributed by atoms with Crippen LogP contribution in [-0.4, -0.2) is 19.9 Å². The number of benzene rings is 4. The Hall–Kier alpha value is -3.68. The second-order valence-electron chi connectivity index (χ2n) is 13.0. The second-order valence-corrected chi connectivity index (χ2v) is 16.2. The van der Waals surface area contributed by atoms with E-state index in [0.29, 0.717) is 113 Å². The second kappa shape index (κ2) is 16.2. The Morgan fingerprint density at radius 2 is 0.807 bits per heavy atom. The zero-order valence-electron chi connectivity index (χ0n) is 28.8. The standard InChI is InChI=1S/C44H22Cl8N4.Mn/c45-27-5-1-6-28(46)36(27)26-19-25-18-23-14-13-21(53-23)17-22-15-16-24(54-22)20-35-40(37-29(47)7-2-8-30(37)48)41(38-31(49)9-3-10-32(38)50)44(56-35)42(43(26)55-25)39-33(51)11-4-12-34(39)52;/h1-20,53,56H;. The van der Waals surface area contributed by atoms with Crippen LogP contribution in [0.4, 0.5) is 0 Å². The third-order valence-electron chi connectivity index (χ3n) is 9.49.